The number of aliphatic hydroxyl groups is 1. The molecule has 0 bridgehead atoms. The highest BCUT2D eigenvalue weighted by Crippen LogP contribution is 2.38. The zero-order valence-corrected chi connectivity index (χ0v) is 38.8. The predicted molar refractivity (Wildman–Crippen MR) is 250 cm³/mol. The van der Waals surface area contributed by atoms with Gasteiger partial charge in [-0.15, -0.1) is 0 Å². The van der Waals surface area contributed by atoms with Crippen LogP contribution in [-0.4, -0.2) is 81.2 Å². The van der Waals surface area contributed by atoms with Crippen LogP contribution in [0.1, 0.15) is 110 Å². The van der Waals surface area contributed by atoms with Crippen molar-refractivity contribution >= 4 is 19.8 Å². The molecular formula is C50H78NO9P. The minimum absolute atomic E-state index is 0.0679. The molecule has 0 heterocycles. The van der Waals surface area contributed by atoms with Crippen molar-refractivity contribution in [3.8, 4) is 0 Å². The van der Waals surface area contributed by atoms with Gasteiger partial charge in [-0.3, -0.25) is 14.2 Å². The van der Waals surface area contributed by atoms with Crippen molar-refractivity contribution in [3.63, 3.8) is 0 Å². The summed E-state index contributed by atoms with van der Waals surface area (Å²) in [6.45, 7) is 3.57. The number of likely N-dealkylation sites (N-methyl/N-ethyl adjacent to an activating group) is 1. The third kappa shape index (κ3) is 44.0. The van der Waals surface area contributed by atoms with E-state index in [1.165, 1.54) is 0 Å². The summed E-state index contributed by atoms with van der Waals surface area (Å²) < 4.78 is 33.7. The summed E-state index contributed by atoms with van der Waals surface area (Å²) >= 11 is 0. The number of nitrogens with zero attached hydrogens (tertiary/aromatic N) is 1. The van der Waals surface area contributed by atoms with Crippen LogP contribution in [0, 0.1) is 0 Å². The molecule has 0 saturated carbocycles. The number of phosphoric acid groups is 1. The minimum Gasteiger partial charge on any atom is -0.756 e. The molecule has 10 nitrogen and oxygen atoms in total. The fourth-order valence-corrected chi connectivity index (χ4v) is 5.51. The Morgan fingerprint density at radius 3 is 1.57 bits per heavy atom. The maximum atomic E-state index is 12.7. The molecule has 0 radical (unpaired) electrons. The van der Waals surface area contributed by atoms with Gasteiger partial charge in [0, 0.05) is 12.8 Å². The van der Waals surface area contributed by atoms with E-state index in [0.29, 0.717) is 36.7 Å². The van der Waals surface area contributed by atoms with Crippen molar-refractivity contribution in [1.82, 2.24) is 0 Å². The second-order valence-corrected chi connectivity index (χ2v) is 16.6. The van der Waals surface area contributed by atoms with E-state index in [9.17, 15) is 24.2 Å². The molecule has 0 aromatic heterocycles. The Kier molecular flexibility index (Phi) is 37.6. The van der Waals surface area contributed by atoms with Gasteiger partial charge >= 0.3 is 11.9 Å². The second kappa shape index (κ2) is 40.2. The molecular weight excluding hydrogens is 790 g/mol. The fraction of sp³-hybridized carbons (Fsp3) is 0.520. The molecule has 1 unspecified atom stereocenters. The minimum atomic E-state index is -4.68. The van der Waals surface area contributed by atoms with Crippen LogP contribution in [0.4, 0.5) is 0 Å². The van der Waals surface area contributed by atoms with E-state index in [1.807, 2.05) is 70.6 Å². The molecule has 0 rings (SSSR count). The summed E-state index contributed by atoms with van der Waals surface area (Å²) in [5.41, 5.74) is 0. The number of allylic oxidation sites excluding steroid dienone is 21. The van der Waals surface area contributed by atoms with Crippen molar-refractivity contribution in [2.24, 2.45) is 0 Å². The van der Waals surface area contributed by atoms with E-state index in [2.05, 4.69) is 92.0 Å². The standard InChI is InChI=1S/C50H78NO9P/c1-6-8-9-10-11-12-13-14-15-16-17-18-19-23-26-29-32-35-38-41-49(53)57-45-48(46-59-61(55,56)58-44-43-51(3,4)5)60-50(54)42-39-36-33-30-27-24-21-20-22-25-28-31-34-37-40-47(52)7-2/h8-9,11-12,14-15,17-18,21-26,30-35,37,40,47-48,52H,6-7,10,13,16,19-20,27-29,36,38-39,41-46H2,1-5H3/b9-8-,12-11-,15-14-,18-17-,24-21-,25-22-,26-23-,33-30-,34-31-,35-32-,40-37+/t47-,48-/m1/s1. The van der Waals surface area contributed by atoms with Crippen molar-refractivity contribution in [2.75, 3.05) is 47.5 Å². The number of aliphatic hydroxyl groups excluding tert-OH is 1. The second-order valence-electron chi connectivity index (χ2n) is 15.1. The Morgan fingerprint density at radius 1 is 0.607 bits per heavy atom. The van der Waals surface area contributed by atoms with Crippen LogP contribution in [0.3, 0.4) is 0 Å². The van der Waals surface area contributed by atoms with E-state index >= 15 is 0 Å². The highest BCUT2D eigenvalue weighted by Gasteiger charge is 2.21. The summed E-state index contributed by atoms with van der Waals surface area (Å²) in [7, 11) is 1.04. The van der Waals surface area contributed by atoms with Gasteiger partial charge in [0.2, 0.25) is 0 Å². The van der Waals surface area contributed by atoms with E-state index in [0.717, 1.165) is 57.8 Å². The lowest BCUT2D eigenvalue weighted by atomic mass is 10.2. The van der Waals surface area contributed by atoms with Crippen LogP contribution >= 0.6 is 7.82 Å². The molecule has 3 atom stereocenters. The van der Waals surface area contributed by atoms with Crippen molar-refractivity contribution in [3.05, 3.63) is 134 Å². The van der Waals surface area contributed by atoms with Crippen molar-refractivity contribution in [2.45, 2.75) is 122 Å². The van der Waals surface area contributed by atoms with Gasteiger partial charge < -0.3 is 33.0 Å². The van der Waals surface area contributed by atoms with Crippen LogP contribution < -0.4 is 4.89 Å². The molecule has 0 fully saturated rings. The van der Waals surface area contributed by atoms with E-state index in [-0.39, 0.29) is 32.2 Å². The molecule has 0 spiro atoms. The number of hydrogen-bond donors (Lipinski definition) is 1. The van der Waals surface area contributed by atoms with E-state index in [4.69, 9.17) is 18.5 Å². The van der Waals surface area contributed by atoms with Crippen LogP contribution in [0.2, 0.25) is 0 Å². The molecule has 0 aliphatic rings. The number of quaternary nitrogens is 1. The first-order chi connectivity index (χ1) is 29.4. The summed E-state index contributed by atoms with van der Waals surface area (Å²) in [6.07, 6.45) is 54.5. The lowest BCUT2D eigenvalue weighted by Crippen LogP contribution is -2.37. The average Bonchev–Trinajstić information content (AvgIpc) is 3.21. The Hall–Kier alpha value is -3.89. The highest BCUT2D eigenvalue weighted by atomic mass is 31.2. The maximum absolute atomic E-state index is 12.7. The SMILES string of the molecule is CC/C=C\C/C=C\C/C=C\C/C=C\C/C=C\C/C=C\CCC(=O)OC[C@H](COP(=O)([O-])OCC[N+](C)(C)C)OC(=O)CCC/C=C\C/C=C\C/C=C\C/C=C\C=C\[C@H](O)CC. The Labute approximate surface area is 369 Å². The van der Waals surface area contributed by atoms with E-state index < -0.39 is 32.5 Å². The van der Waals surface area contributed by atoms with Crippen LogP contribution in [0.25, 0.3) is 0 Å². The number of esters is 2. The van der Waals surface area contributed by atoms with Crippen LogP contribution in [0.5, 0.6) is 0 Å². The normalized spacial score (nSPS) is 15.3. The quantitative estimate of drug-likeness (QED) is 0.0162. The van der Waals surface area contributed by atoms with Crippen LogP contribution in [-0.2, 0) is 32.7 Å². The Bertz CT molecular complexity index is 1510. The predicted octanol–water partition coefficient (Wildman–Crippen LogP) is 11.0. The Morgan fingerprint density at radius 2 is 1.08 bits per heavy atom. The molecule has 0 aliphatic carbocycles. The number of carbonyl (C=O) groups excluding carboxylic acids is 2. The third-order valence-electron chi connectivity index (χ3n) is 8.34. The maximum Gasteiger partial charge on any atom is 0.306 e. The molecule has 0 aromatic carbocycles. The molecule has 61 heavy (non-hydrogen) atoms. The molecule has 0 aromatic rings. The highest BCUT2D eigenvalue weighted by molar-refractivity contribution is 7.45. The molecule has 1 N–H and O–H groups in total. The van der Waals surface area contributed by atoms with Gasteiger partial charge in [0.05, 0.1) is 33.9 Å². The summed E-state index contributed by atoms with van der Waals surface area (Å²) in [5.74, 6) is -1.04. The smallest absolute Gasteiger partial charge is 0.306 e. The summed E-state index contributed by atoms with van der Waals surface area (Å²) in [5, 5.41) is 9.49. The number of unbranched alkanes of at least 4 members (excludes halogenated alkanes) is 1. The first kappa shape index (κ1) is 57.1. The fourth-order valence-electron chi connectivity index (χ4n) is 4.78. The third-order valence-corrected chi connectivity index (χ3v) is 9.30. The van der Waals surface area contributed by atoms with E-state index in [1.54, 1.807) is 6.08 Å². The Balaban J connectivity index is 4.63. The van der Waals surface area contributed by atoms with Crippen LogP contribution in [0.15, 0.2) is 134 Å². The zero-order valence-electron chi connectivity index (χ0n) is 37.9. The number of hydrogen-bond acceptors (Lipinski definition) is 9. The van der Waals surface area contributed by atoms with Gasteiger partial charge in [-0.1, -0.05) is 148 Å². The van der Waals surface area contributed by atoms with Gasteiger partial charge in [0.15, 0.2) is 6.10 Å². The lowest BCUT2D eigenvalue weighted by molar-refractivity contribution is -0.870. The first-order valence-corrected chi connectivity index (χ1v) is 23.5. The van der Waals surface area contributed by atoms with Gasteiger partial charge in [0.1, 0.15) is 19.8 Å². The molecule has 11 heteroatoms. The topological polar surface area (TPSA) is 131 Å². The van der Waals surface area contributed by atoms with Crippen molar-refractivity contribution in [1.29, 1.82) is 0 Å². The van der Waals surface area contributed by atoms with Crippen molar-refractivity contribution < 1.29 is 47.2 Å². The molecule has 0 saturated heterocycles. The van der Waals surface area contributed by atoms with Gasteiger partial charge in [-0.05, 0) is 83.5 Å². The van der Waals surface area contributed by atoms with Gasteiger partial charge in [0.25, 0.3) is 7.82 Å². The first-order valence-electron chi connectivity index (χ1n) is 22.0. The monoisotopic (exact) mass is 868 g/mol. The van der Waals surface area contributed by atoms with Gasteiger partial charge in [-0.25, -0.2) is 0 Å². The summed E-state index contributed by atoms with van der Waals surface area (Å²) in [6, 6.07) is 0. The molecule has 0 aliphatic heterocycles. The van der Waals surface area contributed by atoms with Gasteiger partial charge in [-0.2, -0.15) is 0 Å². The summed E-state index contributed by atoms with van der Waals surface area (Å²) in [4.78, 5) is 37.5. The number of carbonyl (C=O) groups is 2. The average molecular weight is 868 g/mol. The molecule has 0 amide bonds. The zero-order chi connectivity index (χ0) is 45.1. The number of ether oxygens (including phenoxy) is 2. The molecule has 342 valence electrons. The lowest BCUT2D eigenvalue weighted by Gasteiger charge is -2.28. The number of rotatable bonds is 37. The number of phosphoric ester groups is 1. The largest absolute Gasteiger partial charge is 0.756 e.